The van der Waals surface area contributed by atoms with E-state index in [0.717, 1.165) is 17.7 Å². The number of sulfonamides is 1. The van der Waals surface area contributed by atoms with Crippen molar-refractivity contribution in [2.45, 2.75) is 87.9 Å². The third-order valence-electron chi connectivity index (χ3n) is 9.90. The lowest BCUT2D eigenvalue weighted by Gasteiger charge is -2.44. The van der Waals surface area contributed by atoms with Gasteiger partial charge in [0.25, 0.3) is 0 Å². The van der Waals surface area contributed by atoms with Crippen molar-refractivity contribution in [1.82, 2.24) is 14.5 Å². The quantitative estimate of drug-likeness (QED) is 0.212. The number of ether oxygens (including phenoxy) is 3. The van der Waals surface area contributed by atoms with E-state index in [2.05, 4.69) is 10.6 Å². The second kappa shape index (κ2) is 18.1. The number of aryl methyl sites for hydroxylation is 1. The molecule has 0 aliphatic carbocycles. The van der Waals surface area contributed by atoms with E-state index < -0.39 is 63.6 Å². The molecule has 3 aromatic rings. The van der Waals surface area contributed by atoms with Gasteiger partial charge in [-0.2, -0.15) is 4.31 Å². The molecule has 0 aromatic heterocycles. The van der Waals surface area contributed by atoms with Gasteiger partial charge in [0.1, 0.15) is 17.5 Å². The van der Waals surface area contributed by atoms with Crippen molar-refractivity contribution in [1.29, 1.82) is 0 Å². The van der Waals surface area contributed by atoms with Crippen molar-refractivity contribution >= 4 is 45.4 Å². The highest BCUT2D eigenvalue weighted by Crippen LogP contribution is 2.37. The van der Waals surface area contributed by atoms with E-state index in [0.29, 0.717) is 48.7 Å². The van der Waals surface area contributed by atoms with E-state index in [4.69, 9.17) is 25.8 Å². The Morgan fingerprint density at radius 3 is 2.27 bits per heavy atom. The van der Waals surface area contributed by atoms with Crippen LogP contribution in [0.2, 0.25) is 5.02 Å². The summed E-state index contributed by atoms with van der Waals surface area (Å²) in [5.41, 5.74) is 1.25. The molecule has 5 rings (SSSR count). The summed E-state index contributed by atoms with van der Waals surface area (Å²) in [6, 6.07) is 16.7. The van der Waals surface area contributed by atoms with Gasteiger partial charge < -0.3 is 29.7 Å². The van der Waals surface area contributed by atoms with E-state index >= 15 is 0 Å². The van der Waals surface area contributed by atoms with Gasteiger partial charge in [0.15, 0.2) is 0 Å². The highest BCUT2D eigenvalue weighted by molar-refractivity contribution is 7.89. The zero-order valence-corrected chi connectivity index (χ0v) is 33.4. The number of piperazine rings is 1. The number of nitrogens with one attached hydrogen (secondary N) is 2. The maximum atomic E-state index is 14.4. The molecule has 2 aliphatic rings. The minimum atomic E-state index is -4.12. The SMILES string of the molecule is COC(=O)N[C@H](C(=O)Nc1ccccc1CC[C@H]1CN(C(=O)OC(C)(C)C)C[C@@H](C)N1S(=O)(=O)c1ccc(F)cc1)[C@@H](c1ccc(Cl)cc1)C1CCOCC1. The van der Waals surface area contributed by atoms with Crippen LogP contribution in [0.5, 0.6) is 0 Å². The first-order chi connectivity index (χ1) is 26.1. The molecular formula is C40H50ClFN4O8S. The number of hydrogen-bond donors (Lipinski definition) is 2. The summed E-state index contributed by atoms with van der Waals surface area (Å²) in [5, 5.41) is 6.37. The van der Waals surface area contributed by atoms with Crippen molar-refractivity contribution in [3.8, 4) is 0 Å². The molecule has 4 atom stereocenters. The lowest BCUT2D eigenvalue weighted by atomic mass is 9.76. The second-order valence-corrected chi connectivity index (χ2v) is 17.3. The van der Waals surface area contributed by atoms with Crippen LogP contribution in [-0.2, 0) is 35.4 Å². The van der Waals surface area contributed by atoms with Crippen LogP contribution < -0.4 is 10.6 Å². The van der Waals surface area contributed by atoms with Gasteiger partial charge in [0, 0.05) is 55.0 Å². The maximum absolute atomic E-state index is 14.4. The Labute approximate surface area is 327 Å². The van der Waals surface area contributed by atoms with E-state index in [1.807, 2.05) is 24.3 Å². The molecule has 298 valence electrons. The highest BCUT2D eigenvalue weighted by Gasteiger charge is 2.43. The molecule has 15 heteroatoms. The maximum Gasteiger partial charge on any atom is 0.410 e. The van der Waals surface area contributed by atoms with Crippen LogP contribution in [0.15, 0.2) is 77.7 Å². The van der Waals surface area contributed by atoms with Crippen LogP contribution in [0, 0.1) is 11.7 Å². The number of alkyl carbamates (subject to hydrolysis) is 1. The third-order valence-corrected chi connectivity index (χ3v) is 12.2. The summed E-state index contributed by atoms with van der Waals surface area (Å²) in [5.74, 6) is -1.48. The fourth-order valence-electron chi connectivity index (χ4n) is 7.42. The lowest BCUT2D eigenvalue weighted by molar-refractivity contribution is -0.119. The summed E-state index contributed by atoms with van der Waals surface area (Å²) in [6.45, 7) is 8.19. The molecule has 0 bridgehead atoms. The van der Waals surface area contributed by atoms with E-state index in [-0.39, 0.29) is 30.3 Å². The van der Waals surface area contributed by atoms with Crippen LogP contribution in [0.1, 0.15) is 64.0 Å². The van der Waals surface area contributed by atoms with Crippen molar-refractivity contribution < 1.29 is 41.4 Å². The molecule has 12 nitrogen and oxygen atoms in total. The minimum Gasteiger partial charge on any atom is -0.453 e. The number of anilines is 1. The molecule has 2 fully saturated rings. The van der Waals surface area contributed by atoms with Gasteiger partial charge >= 0.3 is 12.2 Å². The highest BCUT2D eigenvalue weighted by atomic mass is 35.5. The van der Waals surface area contributed by atoms with Gasteiger partial charge in [0.05, 0.1) is 12.0 Å². The number of methoxy groups -OCH3 is 1. The number of carbonyl (C=O) groups is 3. The number of para-hydroxylation sites is 1. The molecule has 2 aliphatic heterocycles. The Morgan fingerprint density at radius 2 is 1.64 bits per heavy atom. The van der Waals surface area contributed by atoms with Crippen molar-refractivity contribution in [3.63, 3.8) is 0 Å². The van der Waals surface area contributed by atoms with Crippen molar-refractivity contribution in [2.75, 3.05) is 38.7 Å². The molecule has 3 amide bonds. The molecular weight excluding hydrogens is 751 g/mol. The van der Waals surface area contributed by atoms with E-state index in [9.17, 15) is 27.2 Å². The first-order valence-electron chi connectivity index (χ1n) is 18.4. The zero-order chi connectivity index (χ0) is 39.9. The molecule has 2 N–H and O–H groups in total. The summed E-state index contributed by atoms with van der Waals surface area (Å²) in [4.78, 5) is 41.8. The Balaban J connectivity index is 1.44. The largest absolute Gasteiger partial charge is 0.453 e. The van der Waals surface area contributed by atoms with Gasteiger partial charge in [-0.05, 0) is 113 Å². The first kappa shape index (κ1) is 41.9. The van der Waals surface area contributed by atoms with Crippen LogP contribution in [0.4, 0.5) is 19.7 Å². The van der Waals surface area contributed by atoms with Crippen LogP contribution in [0.3, 0.4) is 0 Å². The van der Waals surface area contributed by atoms with Crippen LogP contribution in [-0.4, -0.2) is 92.9 Å². The summed E-state index contributed by atoms with van der Waals surface area (Å²) in [7, 11) is -2.88. The summed E-state index contributed by atoms with van der Waals surface area (Å²) in [6.07, 6.45) is 0.599. The monoisotopic (exact) mass is 800 g/mol. The lowest BCUT2D eigenvalue weighted by Crippen LogP contribution is -2.61. The predicted molar refractivity (Wildman–Crippen MR) is 207 cm³/mol. The van der Waals surface area contributed by atoms with Crippen LogP contribution in [0.25, 0.3) is 0 Å². The average Bonchev–Trinajstić information content (AvgIpc) is 3.14. The smallest absolute Gasteiger partial charge is 0.410 e. The van der Waals surface area contributed by atoms with Gasteiger partial charge in [-0.15, -0.1) is 0 Å². The molecule has 55 heavy (non-hydrogen) atoms. The first-order valence-corrected chi connectivity index (χ1v) is 20.2. The number of rotatable bonds is 11. The van der Waals surface area contributed by atoms with Crippen molar-refractivity contribution in [3.05, 3.63) is 94.8 Å². The summed E-state index contributed by atoms with van der Waals surface area (Å²) < 4.78 is 59.7. The van der Waals surface area contributed by atoms with Gasteiger partial charge in [-0.3, -0.25) is 4.79 Å². The topological polar surface area (TPSA) is 144 Å². The van der Waals surface area contributed by atoms with E-state index in [1.54, 1.807) is 52.0 Å². The van der Waals surface area contributed by atoms with Gasteiger partial charge in [-0.1, -0.05) is 41.9 Å². The van der Waals surface area contributed by atoms with Gasteiger partial charge in [0.2, 0.25) is 15.9 Å². The second-order valence-electron chi connectivity index (χ2n) is 15.0. The standard InChI is InChI=1S/C40H50ClFN4O8S/c1-26-24-45(39(49)54-40(2,3)4)25-32(46(26)55(50,51)33-18-15-31(42)16-19-33)17-12-27-8-6-7-9-34(27)43-37(47)36(44-38(48)52-5)35(29-20-22-53-23-21-29)28-10-13-30(41)14-11-28/h6-11,13-16,18-19,26,29,32,35-36H,12,17,20-25H2,1-5H3,(H,43,47)(H,44,48)/t26-,32+,35+,36+/m1/s1. The number of carbonyl (C=O) groups excluding carboxylic acids is 3. The third kappa shape index (κ3) is 10.7. The molecule has 0 saturated carbocycles. The Bertz CT molecular complexity index is 1900. The number of hydrogen-bond acceptors (Lipinski definition) is 8. The average molecular weight is 801 g/mol. The Hall–Kier alpha value is -4.24. The molecule has 3 aromatic carbocycles. The Morgan fingerprint density at radius 1 is 0.982 bits per heavy atom. The summed E-state index contributed by atoms with van der Waals surface area (Å²) >= 11 is 6.22. The zero-order valence-electron chi connectivity index (χ0n) is 31.8. The van der Waals surface area contributed by atoms with Crippen molar-refractivity contribution in [2.24, 2.45) is 5.92 Å². The molecule has 0 unspecified atom stereocenters. The fraction of sp³-hybridized carbons (Fsp3) is 0.475. The molecule has 2 heterocycles. The van der Waals surface area contributed by atoms with E-state index in [1.165, 1.54) is 28.4 Å². The molecule has 0 radical (unpaired) electrons. The Kier molecular flexibility index (Phi) is 13.8. The van der Waals surface area contributed by atoms with Gasteiger partial charge in [-0.25, -0.2) is 22.4 Å². The van der Waals surface area contributed by atoms with Crippen LogP contribution >= 0.6 is 11.6 Å². The number of benzene rings is 3. The fourth-order valence-corrected chi connectivity index (χ4v) is 9.37. The number of nitrogens with zero attached hydrogens (tertiary/aromatic N) is 2. The normalized spacial score (nSPS) is 19.6. The number of amides is 3. The number of halogens is 2. The predicted octanol–water partition coefficient (Wildman–Crippen LogP) is 6.98. The molecule has 2 saturated heterocycles. The molecule has 0 spiro atoms. The minimum absolute atomic E-state index is 0.00618.